The van der Waals surface area contributed by atoms with E-state index in [1.54, 1.807) is 7.11 Å². The van der Waals surface area contributed by atoms with Crippen LogP contribution in [0, 0.1) is 5.92 Å². The summed E-state index contributed by atoms with van der Waals surface area (Å²) in [4.78, 5) is 15.2. The van der Waals surface area contributed by atoms with Gasteiger partial charge < -0.3 is 15.0 Å². The summed E-state index contributed by atoms with van der Waals surface area (Å²) in [6.07, 6.45) is 2.40. The van der Waals surface area contributed by atoms with Gasteiger partial charge in [0.15, 0.2) is 0 Å². The van der Waals surface area contributed by atoms with Crippen LogP contribution in [-0.2, 0) is 0 Å². The highest BCUT2D eigenvalue weighted by molar-refractivity contribution is 5.96. The smallest absolute Gasteiger partial charge is 0.251 e. The predicted octanol–water partition coefficient (Wildman–Crippen LogP) is 3.19. The number of para-hydroxylation sites is 1. The number of carbonyl (C=O) groups excluding carboxylic acids is 1. The van der Waals surface area contributed by atoms with E-state index in [9.17, 15) is 4.79 Å². The third-order valence-electron chi connectivity index (χ3n) is 5.52. The Labute approximate surface area is 148 Å². The van der Waals surface area contributed by atoms with E-state index in [1.165, 1.54) is 25.9 Å². The van der Waals surface area contributed by atoms with Crippen LogP contribution in [0.1, 0.15) is 23.2 Å². The van der Waals surface area contributed by atoms with Gasteiger partial charge in [-0.2, -0.15) is 0 Å². The standard InChI is InChI=1S/C21H24N2O2/c1-25-20-8-3-2-7-18(20)16-5-4-6-17(13-16)21(24)22-19-14-23-11-9-15(19)10-12-23/h2-8,13,15,19H,9-12,14H2,1H3,(H,22,24). The predicted molar refractivity (Wildman–Crippen MR) is 98.8 cm³/mol. The van der Waals surface area contributed by atoms with Crippen molar-refractivity contribution in [3.63, 3.8) is 0 Å². The van der Waals surface area contributed by atoms with Gasteiger partial charge in [0.1, 0.15) is 5.75 Å². The number of amides is 1. The van der Waals surface area contributed by atoms with Gasteiger partial charge in [-0.15, -0.1) is 0 Å². The van der Waals surface area contributed by atoms with Crippen molar-refractivity contribution < 1.29 is 9.53 Å². The monoisotopic (exact) mass is 336 g/mol. The van der Waals surface area contributed by atoms with Crippen molar-refractivity contribution in [1.82, 2.24) is 10.2 Å². The summed E-state index contributed by atoms with van der Waals surface area (Å²) in [7, 11) is 1.67. The number of hydrogen-bond donors (Lipinski definition) is 1. The number of piperidine rings is 3. The molecule has 3 heterocycles. The van der Waals surface area contributed by atoms with Crippen molar-refractivity contribution >= 4 is 5.91 Å². The molecule has 0 saturated carbocycles. The van der Waals surface area contributed by atoms with E-state index in [4.69, 9.17) is 4.74 Å². The first-order valence-electron chi connectivity index (χ1n) is 9.01. The van der Waals surface area contributed by atoms with E-state index in [0.29, 0.717) is 11.5 Å². The molecule has 0 spiro atoms. The third kappa shape index (κ3) is 3.27. The molecule has 1 amide bonds. The van der Waals surface area contributed by atoms with E-state index >= 15 is 0 Å². The van der Waals surface area contributed by atoms with Gasteiger partial charge in [0, 0.05) is 23.7 Å². The van der Waals surface area contributed by atoms with Crippen molar-refractivity contribution in [1.29, 1.82) is 0 Å². The number of methoxy groups -OCH3 is 1. The molecule has 3 aliphatic heterocycles. The summed E-state index contributed by atoms with van der Waals surface area (Å²) in [6.45, 7) is 3.35. The van der Waals surface area contributed by atoms with Crippen LogP contribution in [0.15, 0.2) is 48.5 Å². The van der Waals surface area contributed by atoms with Crippen molar-refractivity contribution in [3.8, 4) is 16.9 Å². The third-order valence-corrected chi connectivity index (χ3v) is 5.52. The molecule has 4 heteroatoms. The maximum absolute atomic E-state index is 12.8. The maximum Gasteiger partial charge on any atom is 0.251 e. The van der Waals surface area contributed by atoms with Gasteiger partial charge in [-0.3, -0.25) is 4.79 Å². The minimum atomic E-state index is 0.0236. The molecule has 3 aliphatic rings. The lowest BCUT2D eigenvalue weighted by Gasteiger charge is -2.44. The second-order valence-electron chi connectivity index (χ2n) is 7.00. The van der Waals surface area contributed by atoms with E-state index in [-0.39, 0.29) is 11.9 Å². The molecule has 3 saturated heterocycles. The zero-order valence-electron chi connectivity index (χ0n) is 14.6. The number of fused-ring (bicyclic) bond motifs is 3. The summed E-state index contributed by atoms with van der Waals surface area (Å²) in [5, 5.41) is 3.26. The molecule has 0 aliphatic carbocycles. The van der Waals surface area contributed by atoms with E-state index in [0.717, 1.165) is 23.4 Å². The molecular weight excluding hydrogens is 312 g/mol. The van der Waals surface area contributed by atoms with Gasteiger partial charge in [0.25, 0.3) is 5.91 Å². The quantitative estimate of drug-likeness (QED) is 0.932. The zero-order chi connectivity index (χ0) is 17.2. The molecule has 5 rings (SSSR count). The Hall–Kier alpha value is -2.33. The Morgan fingerprint density at radius 2 is 1.92 bits per heavy atom. The van der Waals surface area contributed by atoms with E-state index in [1.807, 2.05) is 48.5 Å². The van der Waals surface area contributed by atoms with E-state index in [2.05, 4.69) is 10.2 Å². The highest BCUT2D eigenvalue weighted by Gasteiger charge is 2.34. The van der Waals surface area contributed by atoms with Crippen molar-refractivity contribution in [2.24, 2.45) is 5.92 Å². The fraction of sp³-hybridized carbons (Fsp3) is 0.381. The SMILES string of the molecule is COc1ccccc1-c1cccc(C(=O)NC2CN3CCC2CC3)c1. The second-order valence-corrected chi connectivity index (χ2v) is 7.00. The lowest BCUT2D eigenvalue weighted by Crippen LogP contribution is -2.57. The first-order chi connectivity index (χ1) is 12.2. The number of rotatable bonds is 4. The molecule has 0 aromatic heterocycles. The van der Waals surface area contributed by atoms with Crippen LogP contribution in [0.3, 0.4) is 0 Å². The molecule has 2 aromatic rings. The van der Waals surface area contributed by atoms with Crippen LogP contribution < -0.4 is 10.1 Å². The van der Waals surface area contributed by atoms with Crippen LogP contribution in [0.2, 0.25) is 0 Å². The molecule has 1 unspecified atom stereocenters. The van der Waals surface area contributed by atoms with Crippen molar-refractivity contribution in [3.05, 3.63) is 54.1 Å². The number of ether oxygens (including phenoxy) is 1. The van der Waals surface area contributed by atoms with Gasteiger partial charge in [0.05, 0.1) is 7.11 Å². The second kappa shape index (κ2) is 6.89. The molecular formula is C21H24N2O2. The topological polar surface area (TPSA) is 41.6 Å². The number of nitrogens with zero attached hydrogens (tertiary/aromatic N) is 1. The normalized spacial score (nSPS) is 24.8. The molecule has 4 nitrogen and oxygen atoms in total. The lowest BCUT2D eigenvalue weighted by molar-refractivity contribution is 0.0620. The molecule has 25 heavy (non-hydrogen) atoms. The van der Waals surface area contributed by atoms with Gasteiger partial charge in [-0.05, 0) is 55.6 Å². The van der Waals surface area contributed by atoms with Crippen molar-refractivity contribution in [2.75, 3.05) is 26.7 Å². The molecule has 1 N–H and O–H groups in total. The Morgan fingerprint density at radius 1 is 1.12 bits per heavy atom. The number of hydrogen-bond acceptors (Lipinski definition) is 3. The van der Waals surface area contributed by atoms with Gasteiger partial charge in [-0.1, -0.05) is 30.3 Å². The number of carbonyl (C=O) groups is 1. The summed E-state index contributed by atoms with van der Waals surface area (Å²) in [6, 6.07) is 16.0. The Balaban J connectivity index is 1.54. The van der Waals surface area contributed by atoms with Gasteiger partial charge in [-0.25, -0.2) is 0 Å². The molecule has 2 aromatic carbocycles. The Morgan fingerprint density at radius 3 is 2.64 bits per heavy atom. The average Bonchev–Trinajstić information content (AvgIpc) is 2.69. The first-order valence-corrected chi connectivity index (χ1v) is 9.01. The maximum atomic E-state index is 12.8. The lowest BCUT2D eigenvalue weighted by atomic mass is 9.84. The summed E-state index contributed by atoms with van der Waals surface area (Å²) < 4.78 is 5.45. The van der Waals surface area contributed by atoms with E-state index < -0.39 is 0 Å². The Kier molecular flexibility index (Phi) is 4.45. The summed E-state index contributed by atoms with van der Waals surface area (Å²) in [5.41, 5.74) is 2.71. The fourth-order valence-corrected chi connectivity index (χ4v) is 4.09. The molecule has 3 fully saturated rings. The van der Waals surface area contributed by atoms with Crippen LogP contribution in [-0.4, -0.2) is 43.6 Å². The van der Waals surface area contributed by atoms with Gasteiger partial charge in [0.2, 0.25) is 0 Å². The number of nitrogens with one attached hydrogen (secondary N) is 1. The Bertz CT molecular complexity index is 766. The summed E-state index contributed by atoms with van der Waals surface area (Å²) >= 11 is 0. The fourth-order valence-electron chi connectivity index (χ4n) is 4.09. The molecule has 0 radical (unpaired) electrons. The largest absolute Gasteiger partial charge is 0.496 e. The van der Waals surface area contributed by atoms with Crippen LogP contribution >= 0.6 is 0 Å². The minimum Gasteiger partial charge on any atom is -0.496 e. The van der Waals surface area contributed by atoms with Crippen LogP contribution in [0.25, 0.3) is 11.1 Å². The molecule has 2 bridgehead atoms. The number of benzene rings is 2. The summed E-state index contributed by atoms with van der Waals surface area (Å²) in [5.74, 6) is 1.47. The van der Waals surface area contributed by atoms with Crippen LogP contribution in [0.5, 0.6) is 5.75 Å². The first kappa shape index (κ1) is 16.2. The molecule has 1 atom stereocenters. The van der Waals surface area contributed by atoms with Crippen LogP contribution in [0.4, 0.5) is 0 Å². The van der Waals surface area contributed by atoms with Crippen molar-refractivity contribution in [2.45, 2.75) is 18.9 Å². The molecule has 130 valence electrons. The minimum absolute atomic E-state index is 0.0236. The van der Waals surface area contributed by atoms with Gasteiger partial charge >= 0.3 is 0 Å². The highest BCUT2D eigenvalue weighted by Crippen LogP contribution is 2.30. The highest BCUT2D eigenvalue weighted by atomic mass is 16.5. The zero-order valence-corrected chi connectivity index (χ0v) is 14.6. The average molecular weight is 336 g/mol.